The summed E-state index contributed by atoms with van der Waals surface area (Å²) in [4.78, 5) is 24.6. The average molecular weight is 226 g/mol. The van der Waals surface area contributed by atoms with Gasteiger partial charge in [0.1, 0.15) is 5.54 Å². The maximum atomic E-state index is 11.6. The molecule has 1 aliphatic heterocycles. The molecule has 2 rings (SSSR count). The quantitative estimate of drug-likeness (QED) is 0.739. The van der Waals surface area contributed by atoms with Gasteiger partial charge >= 0.3 is 12.0 Å². The van der Waals surface area contributed by atoms with Crippen molar-refractivity contribution in [1.82, 2.24) is 10.2 Å². The van der Waals surface area contributed by atoms with E-state index in [-0.39, 0.29) is 6.03 Å². The molecule has 90 valence electrons. The van der Waals surface area contributed by atoms with Crippen LogP contribution in [0.25, 0.3) is 0 Å². The van der Waals surface area contributed by atoms with Crippen molar-refractivity contribution in [2.75, 3.05) is 13.1 Å². The first-order chi connectivity index (χ1) is 7.56. The van der Waals surface area contributed by atoms with Gasteiger partial charge in [-0.1, -0.05) is 6.92 Å². The van der Waals surface area contributed by atoms with Crippen LogP contribution >= 0.6 is 0 Å². The van der Waals surface area contributed by atoms with Gasteiger partial charge in [0.05, 0.1) is 0 Å². The van der Waals surface area contributed by atoms with Gasteiger partial charge in [-0.3, -0.25) is 0 Å². The van der Waals surface area contributed by atoms with E-state index in [1.165, 1.54) is 4.90 Å². The molecule has 0 spiro atoms. The third kappa shape index (κ3) is 1.64. The van der Waals surface area contributed by atoms with Gasteiger partial charge in [0.25, 0.3) is 0 Å². The van der Waals surface area contributed by atoms with Crippen molar-refractivity contribution in [3.8, 4) is 0 Å². The van der Waals surface area contributed by atoms with E-state index in [0.29, 0.717) is 31.8 Å². The number of amides is 2. The number of hydrogen-bond acceptors (Lipinski definition) is 2. The van der Waals surface area contributed by atoms with Gasteiger partial charge in [-0.25, -0.2) is 9.59 Å². The van der Waals surface area contributed by atoms with E-state index >= 15 is 0 Å². The lowest BCUT2D eigenvalue weighted by atomic mass is 9.76. The number of carboxylic acid groups (broad SMARTS) is 1. The van der Waals surface area contributed by atoms with E-state index in [0.717, 1.165) is 12.8 Å². The van der Waals surface area contributed by atoms with Gasteiger partial charge in [-0.2, -0.15) is 0 Å². The van der Waals surface area contributed by atoms with Crippen molar-refractivity contribution in [2.45, 2.75) is 38.1 Å². The number of nitrogens with zero attached hydrogens (tertiary/aromatic N) is 1. The van der Waals surface area contributed by atoms with Crippen LogP contribution in [-0.2, 0) is 4.79 Å². The first-order valence-electron chi connectivity index (χ1n) is 5.85. The lowest BCUT2D eigenvalue weighted by molar-refractivity contribution is -0.151. The molecular weight excluding hydrogens is 208 g/mol. The number of hydrogen-bond donors (Lipinski definition) is 2. The van der Waals surface area contributed by atoms with Gasteiger partial charge in [0, 0.05) is 13.1 Å². The molecule has 1 heterocycles. The summed E-state index contributed by atoms with van der Waals surface area (Å²) in [5.41, 5.74) is -0.951. The molecule has 2 aliphatic rings. The molecule has 0 aromatic heterocycles. The van der Waals surface area contributed by atoms with Crippen molar-refractivity contribution < 1.29 is 14.7 Å². The van der Waals surface area contributed by atoms with Crippen LogP contribution in [-0.4, -0.2) is 40.6 Å². The second-order valence-corrected chi connectivity index (χ2v) is 4.90. The van der Waals surface area contributed by atoms with Crippen molar-refractivity contribution in [3.05, 3.63) is 0 Å². The van der Waals surface area contributed by atoms with Gasteiger partial charge in [0.15, 0.2) is 0 Å². The molecule has 0 unspecified atom stereocenters. The largest absolute Gasteiger partial charge is 0.479 e. The fourth-order valence-electron chi connectivity index (χ4n) is 2.72. The molecule has 0 radical (unpaired) electrons. The fraction of sp³-hybridized carbons (Fsp3) is 0.818. The first kappa shape index (κ1) is 11.2. The van der Waals surface area contributed by atoms with E-state index in [1.807, 2.05) is 0 Å². The number of carbonyl (C=O) groups excluding carboxylic acids is 1. The average Bonchev–Trinajstić information content (AvgIpc) is 2.66. The maximum absolute atomic E-state index is 11.6. The zero-order valence-electron chi connectivity index (χ0n) is 9.53. The van der Waals surface area contributed by atoms with Crippen LogP contribution in [0.15, 0.2) is 0 Å². The van der Waals surface area contributed by atoms with Crippen molar-refractivity contribution in [2.24, 2.45) is 5.92 Å². The fourth-order valence-corrected chi connectivity index (χ4v) is 2.72. The number of carboxylic acids is 1. The number of nitrogens with one attached hydrogen (secondary N) is 1. The predicted molar refractivity (Wildman–Crippen MR) is 58.1 cm³/mol. The summed E-state index contributed by atoms with van der Waals surface area (Å²) >= 11 is 0. The number of urea groups is 1. The molecule has 1 aliphatic carbocycles. The molecule has 5 nitrogen and oxygen atoms in total. The highest BCUT2D eigenvalue weighted by atomic mass is 16.4. The van der Waals surface area contributed by atoms with Crippen LogP contribution in [0, 0.1) is 5.92 Å². The highest BCUT2D eigenvalue weighted by Gasteiger charge is 2.49. The number of carbonyl (C=O) groups is 2. The second kappa shape index (κ2) is 3.96. The summed E-state index contributed by atoms with van der Waals surface area (Å²) in [7, 11) is 0. The molecule has 2 N–H and O–H groups in total. The van der Waals surface area contributed by atoms with Crippen LogP contribution in [0.5, 0.6) is 0 Å². The Balaban J connectivity index is 2.22. The molecular formula is C11H18N2O3. The van der Waals surface area contributed by atoms with E-state index < -0.39 is 11.5 Å². The lowest BCUT2D eigenvalue weighted by Crippen LogP contribution is -2.57. The smallest absolute Gasteiger partial charge is 0.329 e. The maximum Gasteiger partial charge on any atom is 0.329 e. The van der Waals surface area contributed by atoms with Gasteiger partial charge in [-0.15, -0.1) is 0 Å². The van der Waals surface area contributed by atoms with Gasteiger partial charge < -0.3 is 15.3 Å². The Morgan fingerprint density at radius 3 is 2.56 bits per heavy atom. The van der Waals surface area contributed by atoms with Crippen LogP contribution in [0.1, 0.15) is 32.6 Å². The zero-order valence-corrected chi connectivity index (χ0v) is 9.53. The summed E-state index contributed by atoms with van der Waals surface area (Å²) in [6, 6.07) is -0.225. The van der Waals surface area contributed by atoms with Crippen LogP contribution in [0.4, 0.5) is 4.79 Å². The van der Waals surface area contributed by atoms with Crippen LogP contribution < -0.4 is 5.32 Å². The molecule has 5 heteroatoms. The first-order valence-corrected chi connectivity index (χ1v) is 5.85. The summed E-state index contributed by atoms with van der Waals surface area (Å²) in [5.74, 6) is -0.283. The highest BCUT2D eigenvalue weighted by molar-refractivity contribution is 5.87. The normalized spacial score (nSPS) is 34.9. The van der Waals surface area contributed by atoms with Crippen molar-refractivity contribution >= 4 is 12.0 Å². The number of aliphatic carboxylic acids is 1. The SMILES string of the molecule is CC1CCC(C(=O)O)(N2CCNC2=O)CC1. The summed E-state index contributed by atoms with van der Waals surface area (Å²) in [6.45, 7) is 3.21. The van der Waals surface area contributed by atoms with E-state index in [2.05, 4.69) is 12.2 Å². The molecule has 0 aromatic carbocycles. The van der Waals surface area contributed by atoms with Gasteiger partial charge in [-0.05, 0) is 31.6 Å². The minimum atomic E-state index is -0.951. The standard InChI is InChI=1S/C11H18N2O3/c1-8-2-4-11(5-3-8,9(14)15)13-7-6-12-10(13)16/h8H,2-7H2,1H3,(H,12,16)(H,14,15). The monoisotopic (exact) mass is 226 g/mol. The Labute approximate surface area is 94.8 Å². The second-order valence-electron chi connectivity index (χ2n) is 4.90. The Hall–Kier alpha value is -1.26. The summed E-state index contributed by atoms with van der Waals surface area (Å²) < 4.78 is 0. The van der Waals surface area contributed by atoms with E-state index in [4.69, 9.17) is 0 Å². The van der Waals surface area contributed by atoms with Crippen LogP contribution in [0.2, 0.25) is 0 Å². The van der Waals surface area contributed by atoms with Gasteiger partial charge in [0.2, 0.25) is 0 Å². The predicted octanol–water partition coefficient (Wildman–Crippen LogP) is 1.05. The van der Waals surface area contributed by atoms with E-state index in [9.17, 15) is 14.7 Å². The number of rotatable bonds is 2. The van der Waals surface area contributed by atoms with Crippen molar-refractivity contribution in [3.63, 3.8) is 0 Å². The minimum Gasteiger partial charge on any atom is -0.479 e. The third-order valence-electron chi connectivity index (χ3n) is 3.87. The van der Waals surface area contributed by atoms with E-state index in [1.54, 1.807) is 0 Å². The zero-order chi connectivity index (χ0) is 11.8. The third-order valence-corrected chi connectivity index (χ3v) is 3.87. The molecule has 16 heavy (non-hydrogen) atoms. The molecule has 0 bridgehead atoms. The molecule has 2 fully saturated rings. The Bertz CT molecular complexity index is 308. The molecule has 0 aromatic rings. The summed E-state index contributed by atoms with van der Waals surface area (Å²) in [6.07, 6.45) is 2.93. The topological polar surface area (TPSA) is 69.6 Å². The van der Waals surface area contributed by atoms with Crippen LogP contribution in [0.3, 0.4) is 0 Å². The molecule has 2 amide bonds. The molecule has 1 saturated carbocycles. The lowest BCUT2D eigenvalue weighted by Gasteiger charge is -2.41. The Morgan fingerprint density at radius 2 is 2.12 bits per heavy atom. The highest BCUT2D eigenvalue weighted by Crippen LogP contribution is 2.37. The molecule has 1 saturated heterocycles. The summed E-state index contributed by atoms with van der Waals surface area (Å²) in [5, 5.41) is 12.1. The minimum absolute atomic E-state index is 0.225. The Kier molecular flexibility index (Phi) is 2.78. The Morgan fingerprint density at radius 1 is 1.50 bits per heavy atom. The van der Waals surface area contributed by atoms with Crippen molar-refractivity contribution in [1.29, 1.82) is 0 Å². The molecule has 0 atom stereocenters.